The number of rotatable bonds is 1. The quantitative estimate of drug-likeness (QED) is 0.717. The van der Waals surface area contributed by atoms with E-state index in [1.54, 1.807) is 16.7 Å². The maximum absolute atomic E-state index is 11.3. The monoisotopic (exact) mass is 227 g/mol. The van der Waals surface area contributed by atoms with E-state index in [0.717, 1.165) is 24.7 Å². The summed E-state index contributed by atoms with van der Waals surface area (Å²) in [4.78, 5) is 17.5. The molecule has 2 aliphatic rings. The topological polar surface area (TPSA) is 44.7 Å². The summed E-state index contributed by atoms with van der Waals surface area (Å²) >= 11 is 1.80. The van der Waals surface area contributed by atoms with E-state index in [2.05, 4.69) is 17.2 Å². The summed E-state index contributed by atoms with van der Waals surface area (Å²) in [6, 6.07) is 0.379. The molecule has 0 radical (unpaired) electrons. The van der Waals surface area contributed by atoms with Gasteiger partial charge in [0, 0.05) is 31.3 Å². The Labute approximate surface area is 94.5 Å². The van der Waals surface area contributed by atoms with Crippen LogP contribution in [0.1, 0.15) is 19.8 Å². The van der Waals surface area contributed by atoms with E-state index in [9.17, 15) is 4.79 Å². The minimum atomic E-state index is 0.252. The van der Waals surface area contributed by atoms with Gasteiger partial charge in [-0.3, -0.25) is 9.79 Å². The van der Waals surface area contributed by atoms with Crippen molar-refractivity contribution in [2.75, 3.05) is 20.1 Å². The van der Waals surface area contributed by atoms with Crippen LogP contribution >= 0.6 is 11.8 Å². The van der Waals surface area contributed by atoms with Gasteiger partial charge in [-0.1, -0.05) is 18.7 Å². The molecule has 15 heavy (non-hydrogen) atoms. The lowest BCUT2D eigenvalue weighted by Gasteiger charge is -2.30. The highest BCUT2D eigenvalue weighted by Crippen LogP contribution is 2.20. The van der Waals surface area contributed by atoms with Crippen LogP contribution < -0.4 is 5.32 Å². The van der Waals surface area contributed by atoms with E-state index >= 15 is 0 Å². The zero-order valence-corrected chi connectivity index (χ0v) is 10.0. The first-order valence-corrected chi connectivity index (χ1v) is 6.24. The molecule has 0 spiro atoms. The lowest BCUT2D eigenvalue weighted by molar-refractivity contribution is -0.132. The molecule has 0 aromatic carbocycles. The number of likely N-dealkylation sites (N-methyl/N-ethyl adjacent to an activating group) is 1. The standard InChI is InChI=1S/C10H17N3OS/c1-7-5-11-10(15-7)12-8-3-4-9(14)13(2)6-8/h7-8H,3-6H2,1-2H3,(H,11,12). The van der Waals surface area contributed by atoms with Gasteiger partial charge < -0.3 is 10.2 Å². The van der Waals surface area contributed by atoms with Gasteiger partial charge in [0.25, 0.3) is 0 Å². The molecule has 5 heteroatoms. The second-order valence-corrected chi connectivity index (χ2v) is 5.66. The molecule has 84 valence electrons. The fourth-order valence-corrected chi connectivity index (χ4v) is 2.77. The van der Waals surface area contributed by atoms with Crippen molar-refractivity contribution in [1.29, 1.82) is 0 Å². The van der Waals surface area contributed by atoms with Crippen LogP contribution in [0.2, 0.25) is 0 Å². The number of aliphatic imine (C=N–C) groups is 1. The van der Waals surface area contributed by atoms with Crippen molar-refractivity contribution >= 4 is 22.8 Å². The molecule has 2 unspecified atom stereocenters. The van der Waals surface area contributed by atoms with Gasteiger partial charge in [0.05, 0.1) is 6.54 Å². The predicted molar refractivity (Wildman–Crippen MR) is 63.1 cm³/mol. The molecule has 0 aliphatic carbocycles. The first kappa shape index (κ1) is 10.8. The Bertz CT molecular complexity index is 292. The number of likely N-dealkylation sites (tertiary alicyclic amines) is 1. The number of piperidine rings is 1. The van der Waals surface area contributed by atoms with Crippen molar-refractivity contribution in [3.63, 3.8) is 0 Å². The molecule has 1 fully saturated rings. The SMILES string of the molecule is CC1CN=C(NC2CCC(=O)N(C)C2)S1. The first-order valence-electron chi connectivity index (χ1n) is 5.37. The maximum Gasteiger partial charge on any atom is 0.222 e. The van der Waals surface area contributed by atoms with E-state index in [1.807, 2.05) is 7.05 Å². The molecule has 2 heterocycles. The summed E-state index contributed by atoms with van der Waals surface area (Å²) in [6.45, 7) is 3.89. The number of nitrogens with one attached hydrogen (secondary N) is 1. The third-order valence-corrected chi connectivity index (χ3v) is 3.78. The van der Waals surface area contributed by atoms with Gasteiger partial charge >= 0.3 is 0 Å². The van der Waals surface area contributed by atoms with E-state index in [4.69, 9.17) is 0 Å². The summed E-state index contributed by atoms with van der Waals surface area (Å²) in [7, 11) is 1.86. The second kappa shape index (κ2) is 4.43. The van der Waals surface area contributed by atoms with Gasteiger partial charge in [0.1, 0.15) is 0 Å². The van der Waals surface area contributed by atoms with Crippen LogP contribution in [0.5, 0.6) is 0 Å². The van der Waals surface area contributed by atoms with E-state index < -0.39 is 0 Å². The number of amides is 1. The van der Waals surface area contributed by atoms with Gasteiger partial charge in [0.2, 0.25) is 5.91 Å². The Kier molecular flexibility index (Phi) is 3.19. The van der Waals surface area contributed by atoms with Crippen molar-refractivity contribution in [2.24, 2.45) is 4.99 Å². The lowest BCUT2D eigenvalue weighted by atomic mass is 10.1. The van der Waals surface area contributed by atoms with Crippen LogP contribution in [0, 0.1) is 0 Å². The highest BCUT2D eigenvalue weighted by Gasteiger charge is 2.25. The Morgan fingerprint density at radius 3 is 3.00 bits per heavy atom. The molecule has 0 saturated carbocycles. The van der Waals surface area contributed by atoms with Crippen LogP contribution in [0.15, 0.2) is 4.99 Å². The van der Waals surface area contributed by atoms with Crippen LogP contribution in [-0.2, 0) is 4.79 Å². The molecule has 0 bridgehead atoms. The van der Waals surface area contributed by atoms with Gasteiger partial charge in [0.15, 0.2) is 5.17 Å². The summed E-state index contributed by atoms with van der Waals surface area (Å²) < 4.78 is 0. The number of nitrogens with zero attached hydrogens (tertiary/aromatic N) is 2. The number of hydrogen-bond acceptors (Lipinski definition) is 4. The maximum atomic E-state index is 11.3. The zero-order chi connectivity index (χ0) is 10.8. The van der Waals surface area contributed by atoms with Crippen LogP contribution in [0.4, 0.5) is 0 Å². The van der Waals surface area contributed by atoms with Crippen LogP contribution in [-0.4, -0.2) is 47.4 Å². The minimum absolute atomic E-state index is 0.252. The molecule has 2 atom stereocenters. The molecule has 1 amide bonds. The average Bonchev–Trinajstić information content (AvgIpc) is 2.58. The van der Waals surface area contributed by atoms with Crippen LogP contribution in [0.3, 0.4) is 0 Å². The third kappa shape index (κ3) is 2.65. The summed E-state index contributed by atoms with van der Waals surface area (Å²) in [5.74, 6) is 0.252. The lowest BCUT2D eigenvalue weighted by Crippen LogP contribution is -2.47. The molecule has 0 aromatic heterocycles. The van der Waals surface area contributed by atoms with Crippen molar-refractivity contribution in [2.45, 2.75) is 31.1 Å². The Hall–Kier alpha value is -0.710. The molecular formula is C10H17N3OS. The van der Waals surface area contributed by atoms with Gasteiger partial charge in [-0.15, -0.1) is 0 Å². The smallest absolute Gasteiger partial charge is 0.222 e. The van der Waals surface area contributed by atoms with Crippen molar-refractivity contribution in [3.8, 4) is 0 Å². The van der Waals surface area contributed by atoms with Gasteiger partial charge in [-0.2, -0.15) is 0 Å². The molecule has 1 saturated heterocycles. The van der Waals surface area contributed by atoms with E-state index in [1.165, 1.54) is 0 Å². The molecule has 4 nitrogen and oxygen atoms in total. The Morgan fingerprint density at radius 1 is 1.60 bits per heavy atom. The molecule has 2 rings (SSSR count). The fourth-order valence-electron chi connectivity index (χ4n) is 1.86. The van der Waals surface area contributed by atoms with Crippen molar-refractivity contribution in [1.82, 2.24) is 10.2 Å². The second-order valence-electron chi connectivity index (χ2n) is 4.23. The zero-order valence-electron chi connectivity index (χ0n) is 9.19. The minimum Gasteiger partial charge on any atom is -0.360 e. The average molecular weight is 227 g/mol. The van der Waals surface area contributed by atoms with E-state index in [0.29, 0.717) is 17.7 Å². The number of hydrogen-bond donors (Lipinski definition) is 1. The first-order chi connectivity index (χ1) is 7.15. The number of amidine groups is 1. The Morgan fingerprint density at radius 2 is 2.40 bits per heavy atom. The Balaban J connectivity index is 1.83. The predicted octanol–water partition coefficient (Wildman–Crippen LogP) is 0.688. The molecular weight excluding hydrogens is 210 g/mol. The summed E-state index contributed by atoms with van der Waals surface area (Å²) in [5.41, 5.74) is 0. The van der Waals surface area contributed by atoms with Gasteiger partial charge in [-0.05, 0) is 6.42 Å². The number of thioether (sulfide) groups is 1. The molecule has 0 aromatic rings. The third-order valence-electron chi connectivity index (χ3n) is 2.76. The van der Waals surface area contributed by atoms with Crippen molar-refractivity contribution < 1.29 is 4.79 Å². The van der Waals surface area contributed by atoms with Crippen LogP contribution in [0.25, 0.3) is 0 Å². The van der Waals surface area contributed by atoms with Gasteiger partial charge in [-0.25, -0.2) is 0 Å². The normalized spacial score (nSPS) is 31.7. The molecule has 2 aliphatic heterocycles. The van der Waals surface area contributed by atoms with Crippen molar-refractivity contribution in [3.05, 3.63) is 0 Å². The summed E-state index contributed by atoms with van der Waals surface area (Å²) in [5, 5.41) is 5.06. The molecule has 1 N–H and O–H groups in total. The highest BCUT2D eigenvalue weighted by molar-refractivity contribution is 8.14. The fraction of sp³-hybridized carbons (Fsp3) is 0.800. The number of carbonyl (C=O) groups excluding carboxylic acids is 1. The largest absolute Gasteiger partial charge is 0.360 e. The number of carbonyl (C=O) groups is 1. The van der Waals surface area contributed by atoms with E-state index in [-0.39, 0.29) is 5.91 Å². The summed E-state index contributed by atoms with van der Waals surface area (Å²) in [6.07, 6.45) is 1.58. The highest BCUT2D eigenvalue weighted by atomic mass is 32.2.